The van der Waals surface area contributed by atoms with Gasteiger partial charge in [-0.3, -0.25) is 0 Å². The number of hydrazine groups is 1. The first-order valence-corrected chi connectivity index (χ1v) is 7.61. The lowest BCUT2D eigenvalue weighted by Gasteiger charge is -2.28. The minimum atomic E-state index is 0.522. The van der Waals surface area contributed by atoms with Crippen molar-refractivity contribution >= 4 is 23.4 Å². The number of nitrogens with one attached hydrogen (secondary N) is 2. The molecule has 0 radical (unpaired) electrons. The first kappa shape index (κ1) is 13.4. The second kappa shape index (κ2) is 6.24. The van der Waals surface area contributed by atoms with Gasteiger partial charge >= 0.3 is 0 Å². The number of nitrogens with two attached hydrogens (primary N) is 1. The molecule has 0 spiro atoms. The summed E-state index contributed by atoms with van der Waals surface area (Å²) in [4.78, 5) is 8.57. The second-order valence-electron chi connectivity index (χ2n) is 4.68. The van der Waals surface area contributed by atoms with Crippen molar-refractivity contribution in [2.75, 3.05) is 17.0 Å². The summed E-state index contributed by atoms with van der Waals surface area (Å²) in [6.45, 7) is 1.87. The minimum absolute atomic E-state index is 0.522. The summed E-state index contributed by atoms with van der Waals surface area (Å²) in [6.07, 6.45) is 7.18. The molecular weight excluding hydrogens is 246 g/mol. The Hall–Kier alpha value is -1.01. The van der Waals surface area contributed by atoms with Crippen LogP contribution in [0.3, 0.4) is 0 Å². The monoisotopic (exact) mass is 267 g/mol. The van der Waals surface area contributed by atoms with Crippen LogP contribution in [0.1, 0.15) is 31.5 Å². The van der Waals surface area contributed by atoms with Crippen molar-refractivity contribution in [1.82, 2.24) is 9.97 Å². The fourth-order valence-corrected chi connectivity index (χ4v) is 3.11. The number of thioether (sulfide) groups is 1. The molecule has 1 aromatic rings. The van der Waals surface area contributed by atoms with Crippen LogP contribution in [0.2, 0.25) is 0 Å². The van der Waals surface area contributed by atoms with Crippen LogP contribution < -0.4 is 16.6 Å². The van der Waals surface area contributed by atoms with Crippen molar-refractivity contribution in [1.29, 1.82) is 0 Å². The highest BCUT2D eigenvalue weighted by Crippen LogP contribution is 2.28. The van der Waals surface area contributed by atoms with E-state index in [1.54, 1.807) is 0 Å². The van der Waals surface area contributed by atoms with E-state index < -0.39 is 0 Å². The fourth-order valence-electron chi connectivity index (χ4n) is 2.37. The summed E-state index contributed by atoms with van der Waals surface area (Å²) in [6, 6.07) is 2.38. The Morgan fingerprint density at radius 3 is 2.50 bits per heavy atom. The molecule has 0 bridgehead atoms. The van der Waals surface area contributed by atoms with Crippen LogP contribution >= 0.6 is 11.8 Å². The van der Waals surface area contributed by atoms with E-state index in [1.807, 2.05) is 24.8 Å². The van der Waals surface area contributed by atoms with Gasteiger partial charge in [-0.05, 0) is 38.9 Å². The molecule has 1 aromatic heterocycles. The van der Waals surface area contributed by atoms with Crippen molar-refractivity contribution in [3.63, 3.8) is 0 Å². The number of anilines is 2. The second-order valence-corrected chi connectivity index (χ2v) is 5.82. The van der Waals surface area contributed by atoms with Crippen molar-refractivity contribution < 1.29 is 0 Å². The SMILES string of the molecule is CSC1CCC(Nc2cc(NN)nc(C)n2)CC1. The number of hydrogen-bond donors (Lipinski definition) is 3. The maximum absolute atomic E-state index is 5.39. The molecule has 1 fully saturated rings. The molecule has 1 aliphatic rings. The fraction of sp³-hybridized carbons (Fsp3) is 0.667. The Balaban J connectivity index is 1.95. The van der Waals surface area contributed by atoms with Gasteiger partial charge in [-0.25, -0.2) is 15.8 Å². The van der Waals surface area contributed by atoms with Crippen LogP contribution in [-0.4, -0.2) is 27.5 Å². The van der Waals surface area contributed by atoms with Gasteiger partial charge in [-0.15, -0.1) is 0 Å². The van der Waals surface area contributed by atoms with Gasteiger partial charge in [0.05, 0.1) is 0 Å². The van der Waals surface area contributed by atoms with Crippen molar-refractivity contribution in [2.24, 2.45) is 5.84 Å². The van der Waals surface area contributed by atoms with E-state index in [-0.39, 0.29) is 0 Å². The third kappa shape index (κ3) is 3.49. The first-order chi connectivity index (χ1) is 8.71. The summed E-state index contributed by atoms with van der Waals surface area (Å²) in [5.41, 5.74) is 2.57. The first-order valence-electron chi connectivity index (χ1n) is 6.33. The van der Waals surface area contributed by atoms with E-state index in [2.05, 4.69) is 27.0 Å². The molecule has 4 N–H and O–H groups in total. The predicted octanol–water partition coefficient (Wildman–Crippen LogP) is 2.16. The molecule has 1 saturated carbocycles. The van der Waals surface area contributed by atoms with E-state index in [9.17, 15) is 0 Å². The normalized spacial score (nSPS) is 23.7. The van der Waals surface area contributed by atoms with Crippen LogP contribution in [0.5, 0.6) is 0 Å². The molecule has 18 heavy (non-hydrogen) atoms. The predicted molar refractivity (Wildman–Crippen MR) is 77.8 cm³/mol. The van der Waals surface area contributed by atoms with Gasteiger partial charge in [0.1, 0.15) is 17.5 Å². The lowest BCUT2D eigenvalue weighted by atomic mass is 9.95. The topological polar surface area (TPSA) is 75.9 Å². The van der Waals surface area contributed by atoms with Crippen LogP contribution in [-0.2, 0) is 0 Å². The number of nitrogens with zero attached hydrogens (tertiary/aromatic N) is 2. The zero-order chi connectivity index (χ0) is 13.0. The van der Waals surface area contributed by atoms with E-state index in [4.69, 9.17) is 5.84 Å². The molecule has 2 rings (SSSR count). The van der Waals surface area contributed by atoms with Crippen molar-refractivity contribution in [2.45, 2.75) is 43.9 Å². The molecule has 0 amide bonds. The summed E-state index contributed by atoms with van der Waals surface area (Å²) in [7, 11) is 0. The molecule has 0 unspecified atom stereocenters. The van der Waals surface area contributed by atoms with Crippen LogP contribution in [0, 0.1) is 6.92 Å². The quantitative estimate of drug-likeness (QED) is 0.573. The maximum Gasteiger partial charge on any atom is 0.145 e. The third-order valence-electron chi connectivity index (χ3n) is 3.35. The number of aryl methyl sites for hydroxylation is 1. The van der Waals surface area contributed by atoms with Gasteiger partial charge in [-0.2, -0.15) is 11.8 Å². The Labute approximate surface area is 112 Å². The lowest BCUT2D eigenvalue weighted by Crippen LogP contribution is -2.27. The van der Waals surface area contributed by atoms with E-state index >= 15 is 0 Å². The Morgan fingerprint density at radius 1 is 1.22 bits per heavy atom. The molecular formula is C12H21N5S. The zero-order valence-electron chi connectivity index (χ0n) is 10.9. The summed E-state index contributed by atoms with van der Waals surface area (Å²) >= 11 is 1.98. The van der Waals surface area contributed by atoms with Gasteiger partial charge in [0.25, 0.3) is 0 Å². The summed E-state index contributed by atoms with van der Waals surface area (Å²) in [5, 5.41) is 4.32. The van der Waals surface area contributed by atoms with Gasteiger partial charge in [-0.1, -0.05) is 0 Å². The highest BCUT2D eigenvalue weighted by molar-refractivity contribution is 7.99. The van der Waals surface area contributed by atoms with E-state index in [0.29, 0.717) is 11.9 Å². The molecule has 0 aromatic carbocycles. The zero-order valence-corrected chi connectivity index (χ0v) is 11.8. The minimum Gasteiger partial charge on any atom is -0.367 e. The average molecular weight is 267 g/mol. The van der Waals surface area contributed by atoms with E-state index in [0.717, 1.165) is 16.9 Å². The molecule has 100 valence electrons. The highest BCUT2D eigenvalue weighted by atomic mass is 32.2. The lowest BCUT2D eigenvalue weighted by molar-refractivity contribution is 0.472. The summed E-state index contributed by atoms with van der Waals surface area (Å²) in [5.74, 6) is 7.63. The standard InChI is InChI=1S/C12H21N5S/c1-8-14-11(7-12(15-8)17-13)16-9-3-5-10(18-2)6-4-9/h7,9-10H,3-6,13H2,1-2H3,(H2,14,15,16,17). The Kier molecular flexibility index (Phi) is 4.66. The number of nitrogen functional groups attached to an aromatic ring is 1. The molecule has 0 aliphatic heterocycles. The van der Waals surface area contributed by atoms with Crippen LogP contribution in [0.4, 0.5) is 11.6 Å². The van der Waals surface area contributed by atoms with Gasteiger partial charge < -0.3 is 10.7 Å². The Morgan fingerprint density at radius 2 is 1.89 bits per heavy atom. The maximum atomic E-state index is 5.39. The molecule has 0 saturated heterocycles. The van der Waals surface area contributed by atoms with Gasteiger partial charge in [0, 0.05) is 17.4 Å². The molecule has 5 nitrogen and oxygen atoms in total. The van der Waals surface area contributed by atoms with Gasteiger partial charge in [0.15, 0.2) is 0 Å². The number of rotatable bonds is 4. The molecule has 1 aliphatic carbocycles. The third-order valence-corrected chi connectivity index (χ3v) is 4.48. The van der Waals surface area contributed by atoms with Crippen LogP contribution in [0.15, 0.2) is 6.07 Å². The van der Waals surface area contributed by atoms with Crippen molar-refractivity contribution in [3.8, 4) is 0 Å². The Bertz CT molecular complexity index is 390. The smallest absolute Gasteiger partial charge is 0.145 e. The largest absolute Gasteiger partial charge is 0.367 e. The molecule has 0 atom stereocenters. The molecule has 1 heterocycles. The van der Waals surface area contributed by atoms with Crippen molar-refractivity contribution in [3.05, 3.63) is 11.9 Å². The van der Waals surface area contributed by atoms with Crippen LogP contribution in [0.25, 0.3) is 0 Å². The molecule has 6 heteroatoms. The van der Waals surface area contributed by atoms with E-state index in [1.165, 1.54) is 25.7 Å². The number of aromatic nitrogens is 2. The summed E-state index contributed by atoms with van der Waals surface area (Å²) < 4.78 is 0. The van der Waals surface area contributed by atoms with Gasteiger partial charge in [0.2, 0.25) is 0 Å². The number of hydrogen-bond acceptors (Lipinski definition) is 6. The average Bonchev–Trinajstić information content (AvgIpc) is 2.39. The highest BCUT2D eigenvalue weighted by Gasteiger charge is 2.20.